The molecule has 9 heavy (non-hydrogen) atoms. The van der Waals surface area contributed by atoms with Gasteiger partial charge < -0.3 is 4.57 Å². The third-order valence-corrected chi connectivity index (χ3v) is 1.07. The summed E-state index contributed by atoms with van der Waals surface area (Å²) in [5.74, 6) is 2.56. The topological polar surface area (TPSA) is 17.8 Å². The van der Waals surface area contributed by atoms with Crippen molar-refractivity contribution in [2.24, 2.45) is 0 Å². The van der Waals surface area contributed by atoms with Crippen LogP contribution < -0.4 is 0 Å². The summed E-state index contributed by atoms with van der Waals surface area (Å²) in [4.78, 5) is 3.87. The number of hydrogen-bond donors (Lipinski definition) is 0. The molecule has 0 spiro atoms. The van der Waals surface area contributed by atoms with Gasteiger partial charge in [-0.3, -0.25) is 0 Å². The summed E-state index contributed by atoms with van der Waals surface area (Å²) in [6.45, 7) is 0.872. The maximum absolute atomic E-state index is 5.06. The average Bonchev–Trinajstić information content (AvgIpc) is 2.34. The fourth-order valence-corrected chi connectivity index (χ4v) is 0.613. The Kier molecular flexibility index (Phi) is 1.92. The van der Waals surface area contributed by atoms with E-state index in [9.17, 15) is 0 Å². The van der Waals surface area contributed by atoms with Crippen molar-refractivity contribution < 1.29 is 0 Å². The van der Waals surface area contributed by atoms with Crippen molar-refractivity contribution in [3.8, 4) is 12.3 Å². The zero-order valence-corrected chi connectivity index (χ0v) is 5.12. The predicted octanol–water partition coefficient (Wildman–Crippen LogP) is 0.906. The van der Waals surface area contributed by atoms with Gasteiger partial charge in [-0.1, -0.05) is 0 Å². The standard InChI is InChI=1S/C7H8N2/c1-2-3-5-9-6-4-8-7-9/h1,4,6-7H,3,5H2. The van der Waals surface area contributed by atoms with E-state index in [1.165, 1.54) is 0 Å². The first-order valence-corrected chi connectivity index (χ1v) is 2.82. The van der Waals surface area contributed by atoms with Crippen LogP contribution in [0.5, 0.6) is 0 Å². The fourth-order valence-electron chi connectivity index (χ4n) is 0.613. The molecule has 46 valence electrons. The Morgan fingerprint density at radius 1 is 1.67 bits per heavy atom. The highest BCUT2D eigenvalue weighted by Gasteiger charge is 1.83. The van der Waals surface area contributed by atoms with Gasteiger partial charge in [0.2, 0.25) is 0 Å². The van der Waals surface area contributed by atoms with E-state index in [-0.39, 0.29) is 0 Å². The van der Waals surface area contributed by atoms with Crippen LogP contribution in [0.1, 0.15) is 6.42 Å². The number of hydrogen-bond acceptors (Lipinski definition) is 1. The number of imidazole rings is 1. The van der Waals surface area contributed by atoms with Crippen LogP contribution >= 0.6 is 0 Å². The normalized spacial score (nSPS) is 8.78. The molecule has 2 heteroatoms. The molecule has 1 rings (SSSR count). The number of aryl methyl sites for hydroxylation is 1. The Hall–Kier alpha value is -1.23. The van der Waals surface area contributed by atoms with Crippen molar-refractivity contribution >= 4 is 0 Å². The van der Waals surface area contributed by atoms with Crippen LogP contribution in [0, 0.1) is 12.3 Å². The quantitative estimate of drug-likeness (QED) is 0.530. The Morgan fingerprint density at radius 2 is 2.56 bits per heavy atom. The SMILES string of the molecule is C#CCCn1ccnc1. The average molecular weight is 120 g/mol. The van der Waals surface area contributed by atoms with Crippen LogP contribution in [0.2, 0.25) is 0 Å². The molecular formula is C7H8N2. The van der Waals surface area contributed by atoms with Crippen molar-refractivity contribution in [1.82, 2.24) is 9.55 Å². The van der Waals surface area contributed by atoms with E-state index in [1.807, 2.05) is 10.8 Å². The molecule has 0 saturated carbocycles. The fraction of sp³-hybridized carbons (Fsp3) is 0.286. The summed E-state index contributed by atoms with van der Waals surface area (Å²) < 4.78 is 1.96. The van der Waals surface area contributed by atoms with Gasteiger partial charge in [-0.25, -0.2) is 4.98 Å². The molecule has 0 atom stereocenters. The highest BCUT2D eigenvalue weighted by Crippen LogP contribution is 1.87. The molecule has 0 N–H and O–H groups in total. The van der Waals surface area contributed by atoms with Crippen LogP contribution in [-0.2, 0) is 6.54 Å². The van der Waals surface area contributed by atoms with Gasteiger partial charge in [0, 0.05) is 25.4 Å². The second-order valence-electron chi connectivity index (χ2n) is 1.75. The first-order valence-electron chi connectivity index (χ1n) is 2.82. The minimum Gasteiger partial charge on any atom is -0.337 e. The van der Waals surface area contributed by atoms with Gasteiger partial charge in [-0.15, -0.1) is 12.3 Å². The molecule has 0 aliphatic heterocycles. The second kappa shape index (κ2) is 2.93. The second-order valence-corrected chi connectivity index (χ2v) is 1.75. The van der Waals surface area contributed by atoms with Crippen molar-refractivity contribution in [1.29, 1.82) is 0 Å². The van der Waals surface area contributed by atoms with Gasteiger partial charge in [0.25, 0.3) is 0 Å². The third-order valence-electron chi connectivity index (χ3n) is 1.07. The van der Waals surface area contributed by atoms with E-state index in [4.69, 9.17) is 6.42 Å². The lowest BCUT2D eigenvalue weighted by molar-refractivity contribution is 0.719. The van der Waals surface area contributed by atoms with Crippen molar-refractivity contribution in [2.45, 2.75) is 13.0 Å². The Labute approximate surface area is 54.5 Å². The summed E-state index contributed by atoms with van der Waals surface area (Å²) in [6, 6.07) is 0. The summed E-state index contributed by atoms with van der Waals surface area (Å²) in [5.41, 5.74) is 0. The van der Waals surface area contributed by atoms with Crippen molar-refractivity contribution in [3.63, 3.8) is 0 Å². The summed E-state index contributed by atoms with van der Waals surface area (Å²) in [5, 5.41) is 0. The molecule has 1 aromatic rings. The lowest BCUT2D eigenvalue weighted by Crippen LogP contribution is -1.91. The van der Waals surface area contributed by atoms with E-state index in [0.29, 0.717) is 0 Å². The number of rotatable bonds is 2. The molecular weight excluding hydrogens is 112 g/mol. The Balaban J connectivity index is 2.41. The number of nitrogens with zero attached hydrogens (tertiary/aromatic N) is 2. The van der Waals surface area contributed by atoms with Crippen molar-refractivity contribution in [3.05, 3.63) is 18.7 Å². The molecule has 1 aromatic heterocycles. The molecule has 0 fully saturated rings. The first kappa shape index (κ1) is 5.90. The van der Waals surface area contributed by atoms with Crippen LogP contribution in [-0.4, -0.2) is 9.55 Å². The molecule has 0 aromatic carbocycles. The van der Waals surface area contributed by atoms with Gasteiger partial charge in [-0.05, 0) is 0 Å². The Bertz CT molecular complexity index is 193. The number of terminal acetylenes is 1. The maximum atomic E-state index is 5.06. The van der Waals surface area contributed by atoms with Crippen molar-refractivity contribution in [2.75, 3.05) is 0 Å². The molecule has 0 saturated heterocycles. The molecule has 0 aliphatic rings. The molecule has 0 amide bonds. The summed E-state index contributed by atoms with van der Waals surface area (Å²) in [6.07, 6.45) is 11.2. The van der Waals surface area contributed by atoms with E-state index < -0.39 is 0 Å². The molecule has 0 radical (unpaired) electrons. The zero-order valence-electron chi connectivity index (χ0n) is 5.12. The molecule has 0 unspecified atom stereocenters. The minimum atomic E-state index is 0.774. The largest absolute Gasteiger partial charge is 0.337 e. The van der Waals surface area contributed by atoms with Gasteiger partial charge in [0.1, 0.15) is 0 Å². The molecule has 2 nitrogen and oxygen atoms in total. The molecule has 1 heterocycles. The Morgan fingerprint density at radius 3 is 3.11 bits per heavy atom. The van der Waals surface area contributed by atoms with Gasteiger partial charge in [0.15, 0.2) is 0 Å². The third kappa shape index (κ3) is 1.61. The maximum Gasteiger partial charge on any atom is 0.0946 e. The highest BCUT2D eigenvalue weighted by atomic mass is 15.0. The highest BCUT2D eigenvalue weighted by molar-refractivity contribution is 4.84. The van der Waals surface area contributed by atoms with E-state index >= 15 is 0 Å². The predicted molar refractivity (Wildman–Crippen MR) is 35.7 cm³/mol. The lowest BCUT2D eigenvalue weighted by atomic mass is 10.4. The van der Waals surface area contributed by atoms with E-state index in [2.05, 4.69) is 10.9 Å². The summed E-state index contributed by atoms with van der Waals surface area (Å²) >= 11 is 0. The van der Waals surface area contributed by atoms with Crippen LogP contribution in [0.25, 0.3) is 0 Å². The van der Waals surface area contributed by atoms with Crippen LogP contribution in [0.15, 0.2) is 18.7 Å². The first-order chi connectivity index (χ1) is 4.43. The smallest absolute Gasteiger partial charge is 0.0946 e. The summed E-state index contributed by atoms with van der Waals surface area (Å²) in [7, 11) is 0. The van der Waals surface area contributed by atoms with Gasteiger partial charge in [0.05, 0.1) is 6.33 Å². The van der Waals surface area contributed by atoms with Gasteiger partial charge in [-0.2, -0.15) is 0 Å². The minimum absolute atomic E-state index is 0.774. The van der Waals surface area contributed by atoms with Gasteiger partial charge >= 0.3 is 0 Å². The molecule has 0 aliphatic carbocycles. The monoisotopic (exact) mass is 120 g/mol. The van der Waals surface area contributed by atoms with Crippen LogP contribution in [0.3, 0.4) is 0 Å². The lowest BCUT2D eigenvalue weighted by Gasteiger charge is -1.93. The van der Waals surface area contributed by atoms with E-state index in [0.717, 1.165) is 13.0 Å². The zero-order chi connectivity index (χ0) is 6.53. The van der Waals surface area contributed by atoms with E-state index in [1.54, 1.807) is 12.5 Å². The molecule has 0 bridgehead atoms. The number of aromatic nitrogens is 2. The van der Waals surface area contributed by atoms with Crippen LogP contribution in [0.4, 0.5) is 0 Å².